The lowest BCUT2D eigenvalue weighted by molar-refractivity contribution is -0.123. The SMILES string of the molecule is CC(C)(O)CCn1nc(NC(=O)C(C)(C)C)c2cc(-c3cc(F)c4ocnc4c3)cnc21. The number of oxazole rings is 1. The van der Waals surface area contributed by atoms with Crippen LogP contribution in [0, 0.1) is 11.2 Å². The molecule has 0 spiro atoms. The summed E-state index contributed by atoms with van der Waals surface area (Å²) in [5.41, 5.74) is 0.797. The monoisotopic (exact) mass is 439 g/mol. The zero-order chi connectivity index (χ0) is 23.3. The highest BCUT2D eigenvalue weighted by molar-refractivity contribution is 6.01. The summed E-state index contributed by atoms with van der Waals surface area (Å²) in [7, 11) is 0. The first kappa shape index (κ1) is 21.9. The molecule has 1 amide bonds. The van der Waals surface area contributed by atoms with Gasteiger partial charge in [0.1, 0.15) is 5.52 Å². The normalized spacial score (nSPS) is 12.6. The number of hydrogen-bond acceptors (Lipinski definition) is 6. The Hall–Kier alpha value is -3.33. The number of fused-ring (bicyclic) bond motifs is 2. The molecule has 0 radical (unpaired) electrons. The van der Waals surface area contributed by atoms with E-state index in [9.17, 15) is 14.3 Å². The first-order chi connectivity index (χ1) is 14.9. The minimum atomic E-state index is -0.877. The minimum Gasteiger partial charge on any atom is -0.440 e. The van der Waals surface area contributed by atoms with E-state index in [1.54, 1.807) is 30.8 Å². The highest BCUT2D eigenvalue weighted by atomic mass is 19.1. The smallest absolute Gasteiger partial charge is 0.230 e. The molecule has 0 unspecified atom stereocenters. The number of aryl methyl sites for hydroxylation is 1. The number of benzene rings is 1. The maximum atomic E-state index is 14.4. The first-order valence-corrected chi connectivity index (χ1v) is 10.4. The average molecular weight is 439 g/mol. The molecular weight excluding hydrogens is 413 g/mol. The van der Waals surface area contributed by atoms with E-state index in [0.717, 1.165) is 0 Å². The Bertz CT molecular complexity index is 1310. The number of aromatic nitrogens is 4. The van der Waals surface area contributed by atoms with Crippen molar-refractivity contribution in [2.45, 2.75) is 53.2 Å². The van der Waals surface area contributed by atoms with Crippen LogP contribution in [0.2, 0.25) is 0 Å². The van der Waals surface area contributed by atoms with Crippen LogP contribution in [0.5, 0.6) is 0 Å². The summed E-state index contributed by atoms with van der Waals surface area (Å²) in [6.07, 6.45) is 3.28. The van der Waals surface area contributed by atoms with Crippen molar-refractivity contribution in [2.75, 3.05) is 5.32 Å². The van der Waals surface area contributed by atoms with Crippen LogP contribution in [0.1, 0.15) is 41.0 Å². The van der Waals surface area contributed by atoms with E-state index in [4.69, 9.17) is 4.42 Å². The van der Waals surface area contributed by atoms with Gasteiger partial charge >= 0.3 is 0 Å². The molecule has 0 saturated carbocycles. The molecule has 9 heteroatoms. The van der Waals surface area contributed by atoms with Gasteiger partial charge in [-0.1, -0.05) is 20.8 Å². The number of nitrogens with one attached hydrogen (secondary N) is 1. The summed E-state index contributed by atoms with van der Waals surface area (Å²) in [5.74, 6) is -0.336. The summed E-state index contributed by atoms with van der Waals surface area (Å²) in [6.45, 7) is 9.31. The molecule has 2 N–H and O–H groups in total. The number of carbonyl (C=O) groups is 1. The van der Waals surface area contributed by atoms with E-state index in [2.05, 4.69) is 20.4 Å². The third-order valence-electron chi connectivity index (χ3n) is 5.16. The van der Waals surface area contributed by atoms with Gasteiger partial charge in [-0.2, -0.15) is 5.10 Å². The second-order valence-electron chi connectivity index (χ2n) is 9.59. The van der Waals surface area contributed by atoms with E-state index in [0.29, 0.717) is 46.5 Å². The standard InChI is InChI=1S/C23H26FN5O3/c1-22(2,3)21(30)27-19-15-8-14(13-9-16(24)18-17(10-13)26-12-32-18)11-25-20(15)29(28-19)7-6-23(4,5)31/h8-12,31H,6-7H2,1-5H3,(H,27,28,30). The molecule has 4 aromatic rings. The molecule has 0 bridgehead atoms. The number of pyridine rings is 1. The fraction of sp³-hybridized carbons (Fsp3) is 0.391. The summed E-state index contributed by atoms with van der Waals surface area (Å²) >= 11 is 0. The van der Waals surface area contributed by atoms with Crippen LogP contribution in [-0.4, -0.2) is 36.4 Å². The molecular formula is C23H26FN5O3. The number of nitrogens with zero attached hydrogens (tertiary/aromatic N) is 4. The largest absolute Gasteiger partial charge is 0.440 e. The Morgan fingerprint density at radius 3 is 2.59 bits per heavy atom. The van der Waals surface area contributed by atoms with Gasteiger partial charge in [0.15, 0.2) is 29.3 Å². The van der Waals surface area contributed by atoms with Gasteiger partial charge in [-0.15, -0.1) is 0 Å². The van der Waals surface area contributed by atoms with Crippen molar-refractivity contribution in [3.05, 3.63) is 36.6 Å². The molecule has 0 aliphatic rings. The van der Waals surface area contributed by atoms with Gasteiger partial charge in [0.25, 0.3) is 0 Å². The van der Waals surface area contributed by atoms with Gasteiger partial charge in [-0.25, -0.2) is 19.0 Å². The summed E-state index contributed by atoms with van der Waals surface area (Å²) in [5, 5.41) is 18.2. The molecule has 4 rings (SSSR count). The van der Waals surface area contributed by atoms with Crippen LogP contribution in [0.3, 0.4) is 0 Å². The highest BCUT2D eigenvalue weighted by Crippen LogP contribution is 2.31. The number of carbonyl (C=O) groups excluding carboxylic acids is 1. The summed E-state index contributed by atoms with van der Waals surface area (Å²) in [6, 6.07) is 4.90. The molecule has 0 fully saturated rings. The quantitative estimate of drug-likeness (QED) is 0.473. The van der Waals surface area contributed by atoms with Crippen molar-refractivity contribution in [3.63, 3.8) is 0 Å². The van der Waals surface area contributed by atoms with Gasteiger partial charge in [-0.3, -0.25) is 4.79 Å². The van der Waals surface area contributed by atoms with Gasteiger partial charge in [0.05, 0.1) is 11.0 Å². The maximum Gasteiger partial charge on any atom is 0.230 e. The third-order valence-corrected chi connectivity index (χ3v) is 5.16. The van der Waals surface area contributed by atoms with E-state index in [-0.39, 0.29) is 11.5 Å². The second kappa shape index (κ2) is 7.67. The lowest BCUT2D eigenvalue weighted by Gasteiger charge is -2.17. The fourth-order valence-corrected chi connectivity index (χ4v) is 3.23. The van der Waals surface area contributed by atoms with Crippen LogP contribution in [0.25, 0.3) is 33.3 Å². The van der Waals surface area contributed by atoms with Crippen LogP contribution in [0.4, 0.5) is 10.2 Å². The lowest BCUT2D eigenvalue weighted by Crippen LogP contribution is -2.28. The van der Waals surface area contributed by atoms with Crippen LogP contribution >= 0.6 is 0 Å². The molecule has 0 saturated heterocycles. The Kier molecular flexibility index (Phi) is 5.24. The van der Waals surface area contributed by atoms with Gasteiger partial charge < -0.3 is 14.8 Å². The third kappa shape index (κ3) is 4.34. The van der Waals surface area contributed by atoms with Gasteiger partial charge in [0.2, 0.25) is 5.91 Å². The van der Waals surface area contributed by atoms with E-state index in [1.165, 1.54) is 12.5 Å². The molecule has 168 valence electrons. The average Bonchev–Trinajstić information content (AvgIpc) is 3.30. The van der Waals surface area contributed by atoms with Crippen molar-refractivity contribution >= 4 is 33.9 Å². The van der Waals surface area contributed by atoms with Crippen molar-refractivity contribution in [3.8, 4) is 11.1 Å². The Labute approximate surface area is 184 Å². The predicted molar refractivity (Wildman–Crippen MR) is 119 cm³/mol. The highest BCUT2D eigenvalue weighted by Gasteiger charge is 2.24. The number of anilines is 1. The number of amides is 1. The number of aliphatic hydroxyl groups is 1. The molecule has 0 aliphatic heterocycles. The first-order valence-electron chi connectivity index (χ1n) is 10.4. The van der Waals surface area contributed by atoms with E-state index < -0.39 is 16.8 Å². The summed E-state index contributed by atoms with van der Waals surface area (Å²) in [4.78, 5) is 21.2. The van der Waals surface area contributed by atoms with Crippen LogP contribution < -0.4 is 5.32 Å². The lowest BCUT2D eigenvalue weighted by atomic mass is 9.96. The molecule has 8 nitrogen and oxygen atoms in total. The maximum absolute atomic E-state index is 14.4. The topological polar surface area (TPSA) is 106 Å². The minimum absolute atomic E-state index is 0.0976. The fourth-order valence-electron chi connectivity index (χ4n) is 3.23. The van der Waals surface area contributed by atoms with Crippen molar-refractivity contribution in [2.24, 2.45) is 5.41 Å². The molecule has 3 heterocycles. The second-order valence-corrected chi connectivity index (χ2v) is 9.59. The van der Waals surface area contributed by atoms with Gasteiger partial charge in [-0.05, 0) is 44.0 Å². The number of rotatable bonds is 5. The van der Waals surface area contributed by atoms with Crippen LogP contribution in [-0.2, 0) is 11.3 Å². The van der Waals surface area contributed by atoms with E-state index >= 15 is 0 Å². The van der Waals surface area contributed by atoms with Gasteiger partial charge in [0, 0.05) is 23.7 Å². The van der Waals surface area contributed by atoms with Crippen molar-refractivity contribution < 1.29 is 18.7 Å². The molecule has 0 atom stereocenters. The molecule has 0 aliphatic carbocycles. The number of halogens is 1. The van der Waals surface area contributed by atoms with Crippen molar-refractivity contribution in [1.29, 1.82) is 0 Å². The molecule has 32 heavy (non-hydrogen) atoms. The van der Waals surface area contributed by atoms with Crippen molar-refractivity contribution in [1.82, 2.24) is 19.7 Å². The Balaban J connectivity index is 1.81. The zero-order valence-corrected chi connectivity index (χ0v) is 18.7. The Morgan fingerprint density at radius 1 is 1.16 bits per heavy atom. The molecule has 3 aromatic heterocycles. The number of hydrogen-bond donors (Lipinski definition) is 2. The van der Waals surface area contributed by atoms with E-state index in [1.807, 2.05) is 26.8 Å². The Morgan fingerprint density at radius 2 is 1.91 bits per heavy atom. The predicted octanol–water partition coefficient (Wildman–Crippen LogP) is 4.52. The summed E-state index contributed by atoms with van der Waals surface area (Å²) < 4.78 is 21.2. The molecule has 1 aromatic carbocycles. The zero-order valence-electron chi connectivity index (χ0n) is 18.7. The van der Waals surface area contributed by atoms with Crippen LogP contribution in [0.15, 0.2) is 35.2 Å².